The Labute approximate surface area is 162 Å². The second-order valence-electron chi connectivity index (χ2n) is 6.38. The van der Waals surface area contributed by atoms with Gasteiger partial charge in [-0.2, -0.15) is 18.3 Å². The molecular weight excluding hydrogens is 397 g/mol. The van der Waals surface area contributed by atoms with Gasteiger partial charge in [-0.3, -0.25) is 19.6 Å². The van der Waals surface area contributed by atoms with Crippen LogP contribution in [0, 0.1) is 17.0 Å². The van der Waals surface area contributed by atoms with E-state index >= 15 is 0 Å². The summed E-state index contributed by atoms with van der Waals surface area (Å²) in [5, 5.41) is 36.3. The van der Waals surface area contributed by atoms with E-state index in [2.05, 4.69) is 10.4 Å². The largest absolute Gasteiger partial charge is 0.435 e. The third-order valence-corrected chi connectivity index (χ3v) is 4.31. The normalized spacial score (nSPS) is 14.9. The van der Waals surface area contributed by atoms with Crippen LogP contribution in [0.1, 0.15) is 36.0 Å². The molecule has 2 rings (SSSR count). The second-order valence-corrected chi connectivity index (χ2v) is 6.38. The molecule has 0 aliphatic heterocycles. The number of benzene rings is 1. The molecule has 12 heteroatoms. The van der Waals surface area contributed by atoms with Crippen LogP contribution in [0.15, 0.2) is 30.3 Å². The van der Waals surface area contributed by atoms with Crippen LogP contribution in [0.3, 0.4) is 0 Å². The summed E-state index contributed by atoms with van der Waals surface area (Å²) in [6.45, 7) is 2.01. The molecule has 1 amide bonds. The highest BCUT2D eigenvalue weighted by molar-refractivity contribution is 5.80. The first-order chi connectivity index (χ1) is 13.5. The van der Waals surface area contributed by atoms with Crippen LogP contribution >= 0.6 is 0 Å². The molecule has 2 aromatic rings. The minimum atomic E-state index is -4.66. The van der Waals surface area contributed by atoms with Crippen molar-refractivity contribution < 1.29 is 33.1 Å². The molecule has 3 N–H and O–H groups in total. The van der Waals surface area contributed by atoms with Gasteiger partial charge in [0.05, 0.1) is 17.6 Å². The Kier molecular flexibility index (Phi) is 6.59. The molecule has 1 aromatic heterocycles. The highest BCUT2D eigenvalue weighted by Gasteiger charge is 2.35. The molecule has 0 aliphatic carbocycles. The number of aliphatic hydroxyl groups excluding tert-OH is 2. The number of nitro benzene ring substituents is 1. The van der Waals surface area contributed by atoms with Gasteiger partial charge < -0.3 is 15.5 Å². The molecule has 0 bridgehead atoms. The fraction of sp³-hybridized carbons (Fsp3) is 0.412. The van der Waals surface area contributed by atoms with Crippen LogP contribution in [0.4, 0.5) is 18.9 Å². The Morgan fingerprint density at radius 3 is 2.38 bits per heavy atom. The van der Waals surface area contributed by atoms with Gasteiger partial charge in [-0.1, -0.05) is 0 Å². The van der Waals surface area contributed by atoms with E-state index in [1.54, 1.807) is 0 Å². The van der Waals surface area contributed by atoms with Gasteiger partial charge in [0.25, 0.3) is 5.69 Å². The summed E-state index contributed by atoms with van der Waals surface area (Å²) in [5.41, 5.74) is -1.03. The summed E-state index contributed by atoms with van der Waals surface area (Å²) in [4.78, 5) is 22.5. The highest BCUT2D eigenvalue weighted by atomic mass is 19.4. The van der Waals surface area contributed by atoms with E-state index in [1.807, 2.05) is 0 Å². The van der Waals surface area contributed by atoms with Crippen LogP contribution < -0.4 is 5.32 Å². The Bertz CT molecular complexity index is 882. The van der Waals surface area contributed by atoms with Crippen LogP contribution in [0.5, 0.6) is 0 Å². The first-order valence-corrected chi connectivity index (χ1v) is 8.42. The number of nitrogens with zero attached hydrogens (tertiary/aromatic N) is 3. The number of hydrogen-bond donors (Lipinski definition) is 3. The summed E-state index contributed by atoms with van der Waals surface area (Å²) in [6, 6.07) is 3.32. The molecule has 0 saturated carbocycles. The summed E-state index contributed by atoms with van der Waals surface area (Å²) >= 11 is 0. The number of carbonyl (C=O) groups is 1. The van der Waals surface area contributed by atoms with Crippen LogP contribution in [0.2, 0.25) is 0 Å². The molecule has 9 nitrogen and oxygen atoms in total. The SMILES string of the molecule is Cc1cc(C(F)(F)F)nn1C(C)C(=O)NC(CO)C(O)c1ccc([N+](=O)[O-])cc1. The number of alkyl halides is 3. The van der Waals surface area contributed by atoms with Crippen molar-refractivity contribution in [3.8, 4) is 0 Å². The highest BCUT2D eigenvalue weighted by Crippen LogP contribution is 2.29. The lowest BCUT2D eigenvalue weighted by molar-refractivity contribution is -0.384. The van der Waals surface area contributed by atoms with Crippen molar-refractivity contribution >= 4 is 11.6 Å². The molecule has 0 aliphatic rings. The Balaban J connectivity index is 2.14. The maximum absolute atomic E-state index is 12.8. The fourth-order valence-corrected chi connectivity index (χ4v) is 2.68. The minimum Gasteiger partial charge on any atom is -0.394 e. The average Bonchev–Trinajstić information content (AvgIpc) is 3.06. The number of rotatable bonds is 7. The van der Waals surface area contributed by atoms with Crippen LogP contribution in [-0.4, -0.2) is 43.5 Å². The number of hydrogen-bond acceptors (Lipinski definition) is 6. The number of carbonyl (C=O) groups excluding carboxylic acids is 1. The summed E-state index contributed by atoms with van der Waals surface area (Å²) in [6.07, 6.45) is -6.06. The van der Waals surface area contributed by atoms with E-state index in [0.29, 0.717) is 0 Å². The van der Waals surface area contributed by atoms with Crippen molar-refractivity contribution in [2.45, 2.75) is 38.2 Å². The number of aryl methyl sites for hydroxylation is 1. The molecule has 0 fully saturated rings. The van der Waals surface area contributed by atoms with Crippen molar-refractivity contribution in [1.29, 1.82) is 0 Å². The van der Waals surface area contributed by atoms with Gasteiger partial charge in [-0.05, 0) is 37.6 Å². The first-order valence-electron chi connectivity index (χ1n) is 8.42. The van der Waals surface area contributed by atoms with E-state index in [4.69, 9.17) is 0 Å². The molecule has 158 valence electrons. The third-order valence-electron chi connectivity index (χ3n) is 4.31. The number of halogens is 3. The lowest BCUT2D eigenvalue weighted by Crippen LogP contribution is -2.44. The number of nitro groups is 1. The molecular formula is C17H19F3N4O5. The topological polar surface area (TPSA) is 131 Å². The minimum absolute atomic E-state index is 0.108. The molecule has 29 heavy (non-hydrogen) atoms. The van der Waals surface area contributed by atoms with Gasteiger partial charge in [0.15, 0.2) is 5.69 Å². The zero-order valence-electron chi connectivity index (χ0n) is 15.4. The second kappa shape index (κ2) is 8.57. The zero-order chi connectivity index (χ0) is 21.9. The molecule has 0 radical (unpaired) electrons. The maximum atomic E-state index is 12.8. The van der Waals surface area contributed by atoms with Gasteiger partial charge in [-0.25, -0.2) is 0 Å². The van der Waals surface area contributed by atoms with E-state index in [-0.39, 0.29) is 16.9 Å². The number of aliphatic hydroxyl groups is 2. The summed E-state index contributed by atoms with van der Waals surface area (Å²) < 4.78 is 39.3. The van der Waals surface area contributed by atoms with E-state index < -0.39 is 47.5 Å². The summed E-state index contributed by atoms with van der Waals surface area (Å²) in [5.74, 6) is -0.773. The number of amides is 1. The maximum Gasteiger partial charge on any atom is 0.435 e. The van der Waals surface area contributed by atoms with E-state index in [1.165, 1.54) is 26.0 Å². The lowest BCUT2D eigenvalue weighted by atomic mass is 10.0. The van der Waals surface area contributed by atoms with Gasteiger partial charge in [-0.15, -0.1) is 0 Å². The predicted molar refractivity (Wildman–Crippen MR) is 93.7 cm³/mol. The number of nitrogens with one attached hydrogen (secondary N) is 1. The molecule has 3 unspecified atom stereocenters. The molecule has 0 saturated heterocycles. The fourth-order valence-electron chi connectivity index (χ4n) is 2.68. The molecule has 1 aromatic carbocycles. The van der Waals surface area contributed by atoms with Crippen LogP contribution in [0.25, 0.3) is 0 Å². The third kappa shape index (κ3) is 5.09. The van der Waals surface area contributed by atoms with E-state index in [9.17, 15) is 38.3 Å². The van der Waals surface area contributed by atoms with Crippen molar-refractivity contribution in [1.82, 2.24) is 15.1 Å². The molecule has 1 heterocycles. The van der Waals surface area contributed by atoms with Crippen molar-refractivity contribution in [2.24, 2.45) is 0 Å². The monoisotopic (exact) mass is 416 g/mol. The van der Waals surface area contributed by atoms with Gasteiger partial charge in [0, 0.05) is 17.8 Å². The number of non-ortho nitro benzene ring substituents is 1. The number of aromatic nitrogens is 2. The van der Waals surface area contributed by atoms with Crippen molar-refractivity contribution in [3.05, 3.63) is 57.4 Å². The Morgan fingerprint density at radius 1 is 1.34 bits per heavy atom. The lowest BCUT2D eigenvalue weighted by Gasteiger charge is -2.24. The molecule has 0 spiro atoms. The quantitative estimate of drug-likeness (QED) is 0.467. The van der Waals surface area contributed by atoms with Crippen molar-refractivity contribution in [2.75, 3.05) is 6.61 Å². The van der Waals surface area contributed by atoms with Crippen LogP contribution in [-0.2, 0) is 11.0 Å². The smallest absolute Gasteiger partial charge is 0.394 e. The molecule has 3 atom stereocenters. The van der Waals surface area contributed by atoms with Crippen molar-refractivity contribution in [3.63, 3.8) is 0 Å². The first kappa shape index (κ1) is 22.3. The Hall–Kier alpha value is -2.99. The summed E-state index contributed by atoms with van der Waals surface area (Å²) in [7, 11) is 0. The predicted octanol–water partition coefficient (Wildman–Crippen LogP) is 1.89. The van der Waals surface area contributed by atoms with Gasteiger partial charge in [0.1, 0.15) is 12.1 Å². The Morgan fingerprint density at radius 2 is 1.93 bits per heavy atom. The van der Waals surface area contributed by atoms with Gasteiger partial charge >= 0.3 is 6.18 Å². The van der Waals surface area contributed by atoms with E-state index in [0.717, 1.165) is 22.9 Å². The van der Waals surface area contributed by atoms with Gasteiger partial charge in [0.2, 0.25) is 5.91 Å². The standard InChI is InChI=1S/C17H19F3N4O5/c1-9-7-14(17(18,19)20)22-23(9)10(2)16(27)21-13(8-25)15(26)11-3-5-12(6-4-11)24(28)29/h3-7,10,13,15,25-26H,8H2,1-2H3,(H,21,27). The zero-order valence-corrected chi connectivity index (χ0v) is 15.4. The average molecular weight is 416 g/mol.